The number of nitrogens with one attached hydrogen (secondary N) is 1. The van der Waals surface area contributed by atoms with Gasteiger partial charge < -0.3 is 15.8 Å². The first-order valence-electron chi connectivity index (χ1n) is 7.82. The van der Waals surface area contributed by atoms with E-state index >= 15 is 0 Å². The molecule has 128 valence electrons. The lowest BCUT2D eigenvalue weighted by Gasteiger charge is -2.17. The monoisotopic (exact) mass is 340 g/mol. The number of carbonyl (C=O) groups is 1. The third-order valence-electron chi connectivity index (χ3n) is 4.22. The van der Waals surface area contributed by atoms with Crippen LogP contribution in [0.15, 0.2) is 29.2 Å². The first-order chi connectivity index (χ1) is 10.9. The standard InChI is InChI=1S/C16H24N2O4S/c1-23(20,21)14-7-5-13(6-8-14)22-10-9-18-16(19)15-4-2-3-12(15)11-17/h5-8,12,15H,2-4,9-11,17H2,1H3,(H,18,19)/t12-,15-/m1/s1. The summed E-state index contributed by atoms with van der Waals surface area (Å²) in [6, 6.07) is 6.24. The summed E-state index contributed by atoms with van der Waals surface area (Å²) in [5.41, 5.74) is 5.69. The molecule has 0 heterocycles. The Morgan fingerprint density at radius 2 is 2.00 bits per heavy atom. The van der Waals surface area contributed by atoms with Gasteiger partial charge in [0.05, 0.1) is 11.4 Å². The maximum atomic E-state index is 12.1. The van der Waals surface area contributed by atoms with Gasteiger partial charge in [-0.15, -0.1) is 0 Å². The molecular formula is C16H24N2O4S. The van der Waals surface area contributed by atoms with E-state index in [1.807, 2.05) is 0 Å². The van der Waals surface area contributed by atoms with Gasteiger partial charge in [0.25, 0.3) is 0 Å². The van der Waals surface area contributed by atoms with Gasteiger partial charge in [0.1, 0.15) is 12.4 Å². The Labute approximate surface area is 137 Å². The second-order valence-corrected chi connectivity index (χ2v) is 7.93. The van der Waals surface area contributed by atoms with Crippen LogP contribution in [0.4, 0.5) is 0 Å². The number of sulfone groups is 1. The van der Waals surface area contributed by atoms with E-state index in [-0.39, 0.29) is 16.7 Å². The van der Waals surface area contributed by atoms with Crippen LogP contribution in [0.5, 0.6) is 5.75 Å². The molecule has 1 aromatic rings. The highest BCUT2D eigenvalue weighted by atomic mass is 32.2. The molecule has 1 aliphatic carbocycles. The second-order valence-electron chi connectivity index (χ2n) is 5.92. The van der Waals surface area contributed by atoms with Gasteiger partial charge in [-0.1, -0.05) is 6.42 Å². The molecule has 0 bridgehead atoms. The van der Waals surface area contributed by atoms with Crippen LogP contribution < -0.4 is 15.8 Å². The van der Waals surface area contributed by atoms with E-state index in [4.69, 9.17) is 10.5 Å². The summed E-state index contributed by atoms with van der Waals surface area (Å²) in [5.74, 6) is 0.940. The first kappa shape index (κ1) is 17.7. The number of ether oxygens (including phenoxy) is 1. The van der Waals surface area contributed by atoms with Gasteiger partial charge >= 0.3 is 0 Å². The molecule has 0 spiro atoms. The van der Waals surface area contributed by atoms with Crippen LogP contribution in [0.3, 0.4) is 0 Å². The average Bonchev–Trinajstić information content (AvgIpc) is 2.99. The van der Waals surface area contributed by atoms with Crippen molar-refractivity contribution in [2.75, 3.05) is 26.0 Å². The summed E-state index contributed by atoms with van der Waals surface area (Å²) in [7, 11) is -3.20. The van der Waals surface area contributed by atoms with Crippen LogP contribution in [-0.4, -0.2) is 40.3 Å². The number of carbonyl (C=O) groups excluding carboxylic acids is 1. The Kier molecular flexibility index (Phi) is 6.01. The van der Waals surface area contributed by atoms with E-state index in [0.29, 0.717) is 31.4 Å². The minimum absolute atomic E-state index is 0.0223. The van der Waals surface area contributed by atoms with Crippen molar-refractivity contribution in [1.29, 1.82) is 0 Å². The lowest BCUT2D eigenvalue weighted by atomic mass is 9.95. The van der Waals surface area contributed by atoms with Crippen molar-refractivity contribution in [3.05, 3.63) is 24.3 Å². The van der Waals surface area contributed by atoms with Gasteiger partial charge in [-0.05, 0) is 49.6 Å². The van der Waals surface area contributed by atoms with Crippen molar-refractivity contribution < 1.29 is 17.9 Å². The minimum Gasteiger partial charge on any atom is -0.492 e. The van der Waals surface area contributed by atoms with Gasteiger partial charge in [-0.25, -0.2) is 8.42 Å². The van der Waals surface area contributed by atoms with Gasteiger partial charge in [0, 0.05) is 12.2 Å². The molecule has 2 rings (SSSR count). The van der Waals surface area contributed by atoms with Crippen LogP contribution in [0, 0.1) is 11.8 Å². The predicted octanol–water partition coefficient (Wildman–Crippen LogP) is 0.960. The molecule has 3 N–H and O–H groups in total. The van der Waals surface area contributed by atoms with Gasteiger partial charge in [-0.2, -0.15) is 0 Å². The Bertz CT molecular complexity index is 628. The maximum Gasteiger partial charge on any atom is 0.223 e. The average molecular weight is 340 g/mol. The third kappa shape index (κ3) is 4.94. The normalized spacial score (nSPS) is 21.1. The Hall–Kier alpha value is -1.60. The van der Waals surface area contributed by atoms with E-state index in [0.717, 1.165) is 25.5 Å². The smallest absolute Gasteiger partial charge is 0.223 e. The van der Waals surface area contributed by atoms with Crippen molar-refractivity contribution in [3.8, 4) is 5.75 Å². The van der Waals surface area contributed by atoms with E-state index in [1.54, 1.807) is 12.1 Å². The fraction of sp³-hybridized carbons (Fsp3) is 0.562. The molecule has 23 heavy (non-hydrogen) atoms. The zero-order valence-electron chi connectivity index (χ0n) is 13.3. The molecule has 0 aliphatic heterocycles. The van der Waals surface area contributed by atoms with Crippen LogP contribution in [0.2, 0.25) is 0 Å². The molecule has 1 aromatic carbocycles. The molecule has 7 heteroatoms. The molecule has 0 unspecified atom stereocenters. The fourth-order valence-corrected chi connectivity index (χ4v) is 3.55. The number of hydrogen-bond acceptors (Lipinski definition) is 5. The van der Waals surface area contributed by atoms with E-state index in [1.165, 1.54) is 12.1 Å². The van der Waals surface area contributed by atoms with Crippen molar-refractivity contribution in [1.82, 2.24) is 5.32 Å². The largest absolute Gasteiger partial charge is 0.492 e. The van der Waals surface area contributed by atoms with Crippen LogP contribution in [-0.2, 0) is 14.6 Å². The van der Waals surface area contributed by atoms with Crippen LogP contribution in [0.1, 0.15) is 19.3 Å². The quantitative estimate of drug-likeness (QED) is 0.720. The molecule has 0 radical (unpaired) electrons. The highest BCUT2D eigenvalue weighted by molar-refractivity contribution is 7.90. The predicted molar refractivity (Wildman–Crippen MR) is 87.9 cm³/mol. The Morgan fingerprint density at radius 3 is 2.61 bits per heavy atom. The molecule has 2 atom stereocenters. The molecule has 1 saturated carbocycles. The lowest BCUT2D eigenvalue weighted by Crippen LogP contribution is -2.37. The number of rotatable bonds is 7. The Balaban J connectivity index is 1.74. The van der Waals surface area contributed by atoms with Crippen molar-refractivity contribution in [2.45, 2.75) is 24.2 Å². The van der Waals surface area contributed by atoms with Crippen molar-refractivity contribution >= 4 is 15.7 Å². The second kappa shape index (κ2) is 7.79. The zero-order valence-corrected chi connectivity index (χ0v) is 14.1. The van der Waals surface area contributed by atoms with E-state index in [9.17, 15) is 13.2 Å². The highest BCUT2D eigenvalue weighted by Crippen LogP contribution is 2.30. The van der Waals surface area contributed by atoms with E-state index in [2.05, 4.69) is 5.32 Å². The number of amides is 1. The van der Waals surface area contributed by atoms with Gasteiger partial charge in [-0.3, -0.25) is 4.79 Å². The zero-order chi connectivity index (χ0) is 16.9. The lowest BCUT2D eigenvalue weighted by molar-refractivity contribution is -0.126. The van der Waals surface area contributed by atoms with Crippen molar-refractivity contribution in [2.24, 2.45) is 17.6 Å². The Morgan fingerprint density at radius 1 is 1.30 bits per heavy atom. The summed E-state index contributed by atoms with van der Waals surface area (Å²) in [5, 5.41) is 2.88. The number of nitrogens with two attached hydrogens (primary N) is 1. The van der Waals surface area contributed by atoms with Crippen LogP contribution in [0.25, 0.3) is 0 Å². The summed E-state index contributed by atoms with van der Waals surface area (Å²) in [6.07, 6.45) is 4.15. The van der Waals surface area contributed by atoms with E-state index < -0.39 is 9.84 Å². The van der Waals surface area contributed by atoms with Crippen LogP contribution >= 0.6 is 0 Å². The molecule has 1 fully saturated rings. The maximum absolute atomic E-state index is 12.1. The fourth-order valence-electron chi connectivity index (χ4n) is 2.92. The minimum atomic E-state index is -3.20. The molecule has 1 amide bonds. The van der Waals surface area contributed by atoms with Crippen molar-refractivity contribution in [3.63, 3.8) is 0 Å². The molecule has 6 nitrogen and oxygen atoms in total. The molecular weight excluding hydrogens is 316 g/mol. The summed E-state index contributed by atoms with van der Waals surface area (Å²) < 4.78 is 28.2. The number of hydrogen-bond donors (Lipinski definition) is 2. The molecule has 0 aromatic heterocycles. The summed E-state index contributed by atoms with van der Waals surface area (Å²) in [4.78, 5) is 12.3. The van der Waals surface area contributed by atoms with Gasteiger partial charge in [0.15, 0.2) is 9.84 Å². The molecule has 1 aliphatic rings. The third-order valence-corrected chi connectivity index (χ3v) is 5.35. The summed E-state index contributed by atoms with van der Waals surface area (Å²) >= 11 is 0. The molecule has 0 saturated heterocycles. The highest BCUT2D eigenvalue weighted by Gasteiger charge is 2.31. The summed E-state index contributed by atoms with van der Waals surface area (Å²) in [6.45, 7) is 1.31. The SMILES string of the molecule is CS(=O)(=O)c1ccc(OCCNC(=O)[C@@H]2CCC[C@@H]2CN)cc1. The topological polar surface area (TPSA) is 98.5 Å². The van der Waals surface area contributed by atoms with Gasteiger partial charge in [0.2, 0.25) is 5.91 Å². The first-order valence-corrected chi connectivity index (χ1v) is 9.71. The number of benzene rings is 1.